The van der Waals surface area contributed by atoms with E-state index in [-0.39, 0.29) is 5.82 Å². The summed E-state index contributed by atoms with van der Waals surface area (Å²) in [6.45, 7) is 9.91. The average molecular weight is 266 g/mol. The Morgan fingerprint density at radius 2 is 1.58 bits per heavy atom. The number of nitrogens with one attached hydrogen (secondary N) is 1. The van der Waals surface area contributed by atoms with E-state index in [1.807, 2.05) is 19.2 Å². The van der Waals surface area contributed by atoms with Gasteiger partial charge in [-0.15, -0.1) is 0 Å². The van der Waals surface area contributed by atoms with E-state index in [4.69, 9.17) is 0 Å². The summed E-state index contributed by atoms with van der Waals surface area (Å²) in [6.07, 6.45) is 0.923. The fraction of sp³-hybridized carbons (Fsp3) is 0.625. The molecule has 0 aliphatic heterocycles. The molecule has 0 aliphatic carbocycles. The van der Waals surface area contributed by atoms with Gasteiger partial charge in [0.25, 0.3) is 0 Å². The number of benzene rings is 1. The van der Waals surface area contributed by atoms with Gasteiger partial charge in [0, 0.05) is 24.7 Å². The molecule has 1 rings (SSSR count). The Morgan fingerprint density at radius 3 is 2.00 bits per heavy atom. The fourth-order valence-corrected chi connectivity index (χ4v) is 2.44. The number of hydrogen-bond donors (Lipinski definition) is 1. The number of likely N-dealkylation sites (N-methyl/N-ethyl adjacent to an activating group) is 1. The van der Waals surface area contributed by atoms with Crippen LogP contribution in [0.3, 0.4) is 0 Å². The molecule has 0 aromatic heterocycles. The summed E-state index contributed by atoms with van der Waals surface area (Å²) in [4.78, 5) is 2.48. The van der Waals surface area contributed by atoms with Gasteiger partial charge in [-0.25, -0.2) is 4.39 Å². The molecule has 1 unspecified atom stereocenters. The van der Waals surface area contributed by atoms with Crippen LogP contribution in [0.2, 0.25) is 0 Å². The second-order valence-electron chi connectivity index (χ2n) is 5.70. The first kappa shape index (κ1) is 16.1. The molecule has 0 amide bonds. The Balaban J connectivity index is 2.64. The van der Waals surface area contributed by atoms with Crippen LogP contribution in [0.5, 0.6) is 0 Å². The van der Waals surface area contributed by atoms with Gasteiger partial charge in [0.1, 0.15) is 5.82 Å². The normalized spacial score (nSPS) is 13.5. The molecule has 0 saturated carbocycles. The topological polar surface area (TPSA) is 15.3 Å². The van der Waals surface area contributed by atoms with E-state index in [1.165, 1.54) is 17.7 Å². The summed E-state index contributed by atoms with van der Waals surface area (Å²) in [6, 6.07) is 8.25. The highest BCUT2D eigenvalue weighted by Gasteiger charge is 2.18. The maximum absolute atomic E-state index is 12.9. The third-order valence-corrected chi connectivity index (χ3v) is 3.56. The first-order valence-electron chi connectivity index (χ1n) is 7.11. The van der Waals surface area contributed by atoms with Gasteiger partial charge >= 0.3 is 0 Å². The van der Waals surface area contributed by atoms with Crippen molar-refractivity contribution in [2.24, 2.45) is 0 Å². The van der Waals surface area contributed by atoms with Crippen molar-refractivity contribution in [2.75, 3.05) is 13.6 Å². The van der Waals surface area contributed by atoms with Crippen molar-refractivity contribution in [1.29, 1.82) is 0 Å². The quantitative estimate of drug-likeness (QED) is 0.816. The molecule has 108 valence electrons. The molecule has 2 nitrogen and oxygen atoms in total. The van der Waals surface area contributed by atoms with Gasteiger partial charge in [-0.3, -0.25) is 4.90 Å². The Hall–Kier alpha value is -0.930. The zero-order valence-corrected chi connectivity index (χ0v) is 12.8. The van der Waals surface area contributed by atoms with Gasteiger partial charge in [-0.05, 0) is 58.9 Å². The first-order chi connectivity index (χ1) is 8.93. The number of nitrogens with zero attached hydrogens (tertiary/aromatic N) is 1. The van der Waals surface area contributed by atoms with E-state index < -0.39 is 0 Å². The molecule has 1 atom stereocenters. The van der Waals surface area contributed by atoms with Crippen LogP contribution in [0.25, 0.3) is 0 Å². The largest absolute Gasteiger partial charge is 0.315 e. The lowest BCUT2D eigenvalue weighted by Gasteiger charge is -2.34. The van der Waals surface area contributed by atoms with Gasteiger partial charge in [0.05, 0.1) is 0 Å². The highest BCUT2D eigenvalue weighted by atomic mass is 19.1. The third-order valence-electron chi connectivity index (χ3n) is 3.56. The summed E-state index contributed by atoms with van der Waals surface area (Å²) in [5.41, 5.74) is 1.17. The summed E-state index contributed by atoms with van der Waals surface area (Å²) in [5.74, 6) is -0.171. The summed E-state index contributed by atoms with van der Waals surface area (Å²) < 4.78 is 12.9. The minimum atomic E-state index is -0.171. The van der Waals surface area contributed by atoms with Crippen LogP contribution in [0.4, 0.5) is 4.39 Å². The van der Waals surface area contributed by atoms with Crippen LogP contribution in [0, 0.1) is 5.82 Å². The molecule has 0 spiro atoms. The van der Waals surface area contributed by atoms with Gasteiger partial charge in [-0.1, -0.05) is 12.1 Å². The fourth-order valence-electron chi connectivity index (χ4n) is 2.44. The Kier molecular flexibility index (Phi) is 6.46. The predicted molar refractivity (Wildman–Crippen MR) is 79.9 cm³/mol. The lowest BCUT2D eigenvalue weighted by atomic mass is 10.0. The number of halogens is 1. The van der Waals surface area contributed by atoms with E-state index in [0.29, 0.717) is 18.1 Å². The maximum atomic E-state index is 12.9. The Labute approximate surface area is 117 Å². The van der Waals surface area contributed by atoms with Crippen molar-refractivity contribution in [3.8, 4) is 0 Å². The van der Waals surface area contributed by atoms with Crippen molar-refractivity contribution in [1.82, 2.24) is 10.2 Å². The predicted octanol–water partition coefficient (Wildman–Crippen LogP) is 3.08. The zero-order valence-electron chi connectivity index (χ0n) is 12.8. The van der Waals surface area contributed by atoms with Crippen LogP contribution < -0.4 is 5.32 Å². The Bertz CT molecular complexity index is 352. The van der Waals surface area contributed by atoms with Crippen LogP contribution in [0.15, 0.2) is 24.3 Å². The van der Waals surface area contributed by atoms with Gasteiger partial charge in [-0.2, -0.15) is 0 Å². The van der Waals surface area contributed by atoms with Crippen molar-refractivity contribution in [2.45, 2.75) is 52.2 Å². The number of rotatable bonds is 7. The molecule has 0 heterocycles. The third kappa shape index (κ3) is 5.29. The SMILES string of the molecule is CNC(Cc1ccc(F)cc1)CN(C(C)C)C(C)C. The van der Waals surface area contributed by atoms with Crippen LogP contribution in [0.1, 0.15) is 33.3 Å². The minimum absolute atomic E-state index is 0.171. The molecule has 3 heteroatoms. The van der Waals surface area contributed by atoms with E-state index >= 15 is 0 Å². The molecule has 1 N–H and O–H groups in total. The van der Waals surface area contributed by atoms with Gasteiger partial charge in [0.2, 0.25) is 0 Å². The molecule has 0 aliphatic rings. The molecular weight excluding hydrogens is 239 g/mol. The molecule has 0 bridgehead atoms. The van der Waals surface area contributed by atoms with Crippen molar-refractivity contribution < 1.29 is 4.39 Å². The summed E-state index contributed by atoms with van der Waals surface area (Å²) >= 11 is 0. The summed E-state index contributed by atoms with van der Waals surface area (Å²) in [5, 5.41) is 3.37. The van der Waals surface area contributed by atoms with Crippen LogP contribution in [-0.2, 0) is 6.42 Å². The maximum Gasteiger partial charge on any atom is 0.123 e. The highest BCUT2D eigenvalue weighted by Crippen LogP contribution is 2.10. The lowest BCUT2D eigenvalue weighted by Crippen LogP contribution is -2.46. The molecule has 0 fully saturated rings. The van der Waals surface area contributed by atoms with Crippen LogP contribution in [-0.4, -0.2) is 36.6 Å². The van der Waals surface area contributed by atoms with E-state index in [0.717, 1.165) is 13.0 Å². The minimum Gasteiger partial charge on any atom is -0.315 e. The van der Waals surface area contributed by atoms with Crippen molar-refractivity contribution >= 4 is 0 Å². The molecule has 19 heavy (non-hydrogen) atoms. The van der Waals surface area contributed by atoms with Gasteiger partial charge < -0.3 is 5.32 Å². The Morgan fingerprint density at radius 1 is 1.05 bits per heavy atom. The molecule has 1 aromatic rings. The average Bonchev–Trinajstić information content (AvgIpc) is 2.35. The highest BCUT2D eigenvalue weighted by molar-refractivity contribution is 5.17. The zero-order chi connectivity index (χ0) is 14.4. The molecular formula is C16H27FN2. The van der Waals surface area contributed by atoms with E-state index in [1.54, 1.807) is 0 Å². The standard InChI is InChI=1S/C16H27FN2/c1-12(2)19(13(3)4)11-16(18-5)10-14-6-8-15(17)9-7-14/h6-9,12-13,16,18H,10-11H2,1-5H3. The van der Waals surface area contributed by atoms with E-state index in [9.17, 15) is 4.39 Å². The second-order valence-corrected chi connectivity index (χ2v) is 5.70. The van der Waals surface area contributed by atoms with E-state index in [2.05, 4.69) is 37.9 Å². The molecule has 0 saturated heterocycles. The summed E-state index contributed by atoms with van der Waals surface area (Å²) in [7, 11) is 1.99. The van der Waals surface area contributed by atoms with Crippen LogP contribution >= 0.6 is 0 Å². The van der Waals surface area contributed by atoms with Gasteiger partial charge in [0.15, 0.2) is 0 Å². The lowest BCUT2D eigenvalue weighted by molar-refractivity contribution is 0.157. The number of hydrogen-bond acceptors (Lipinski definition) is 2. The monoisotopic (exact) mass is 266 g/mol. The molecule has 0 radical (unpaired) electrons. The van der Waals surface area contributed by atoms with Crippen molar-refractivity contribution in [3.05, 3.63) is 35.6 Å². The first-order valence-corrected chi connectivity index (χ1v) is 7.11. The van der Waals surface area contributed by atoms with Crippen molar-refractivity contribution in [3.63, 3.8) is 0 Å². The molecule has 1 aromatic carbocycles. The smallest absolute Gasteiger partial charge is 0.123 e. The second kappa shape index (κ2) is 7.61.